The van der Waals surface area contributed by atoms with E-state index in [0.29, 0.717) is 18.8 Å². The van der Waals surface area contributed by atoms with E-state index in [-0.39, 0.29) is 11.8 Å². The van der Waals surface area contributed by atoms with Crippen LogP contribution < -0.4 is 0 Å². The molecule has 1 amide bonds. The highest BCUT2D eigenvalue weighted by atomic mass is 32.1. The lowest BCUT2D eigenvalue weighted by Crippen LogP contribution is -2.53. The van der Waals surface area contributed by atoms with E-state index in [1.54, 1.807) is 17.2 Å². The van der Waals surface area contributed by atoms with Crippen LogP contribution in [0.25, 0.3) is 0 Å². The zero-order chi connectivity index (χ0) is 12.6. The van der Waals surface area contributed by atoms with Gasteiger partial charge in [0.25, 0.3) is 5.91 Å². The monoisotopic (exact) mass is 254 g/mol. The summed E-state index contributed by atoms with van der Waals surface area (Å²) < 4.78 is 0. The van der Waals surface area contributed by atoms with Crippen LogP contribution in [0.1, 0.15) is 22.4 Å². The molecule has 1 aromatic rings. The quantitative estimate of drug-likeness (QED) is 0.881. The van der Waals surface area contributed by atoms with Crippen LogP contribution in [-0.4, -0.2) is 40.0 Å². The second kappa shape index (κ2) is 4.44. The molecule has 1 fully saturated rings. The number of amides is 1. The van der Waals surface area contributed by atoms with Gasteiger partial charge in [0.05, 0.1) is 10.9 Å². The minimum atomic E-state index is -0.799. The summed E-state index contributed by atoms with van der Waals surface area (Å²) in [7, 11) is 0. The third-order valence-corrected chi connectivity index (χ3v) is 3.91. The topological polar surface area (TPSA) is 70.5 Å². The van der Waals surface area contributed by atoms with E-state index in [9.17, 15) is 9.59 Å². The molecule has 1 aliphatic heterocycles. The van der Waals surface area contributed by atoms with E-state index < -0.39 is 11.9 Å². The van der Waals surface area contributed by atoms with Crippen LogP contribution in [0.15, 0.2) is 5.38 Å². The lowest BCUT2D eigenvalue weighted by atomic mass is 9.87. The molecule has 1 aromatic heterocycles. The van der Waals surface area contributed by atoms with E-state index >= 15 is 0 Å². The first-order valence-corrected chi connectivity index (χ1v) is 6.31. The fraction of sp³-hybridized carbons (Fsp3) is 0.545. The average Bonchev–Trinajstić information content (AvgIpc) is 2.62. The molecule has 6 heteroatoms. The Kier molecular flexibility index (Phi) is 3.15. The minimum Gasteiger partial charge on any atom is -0.481 e. The Bertz CT molecular complexity index is 451. The number of carbonyl (C=O) groups excluding carboxylic acids is 1. The number of hydrogen-bond acceptors (Lipinski definition) is 4. The van der Waals surface area contributed by atoms with Crippen molar-refractivity contribution in [3.05, 3.63) is 16.1 Å². The molecule has 1 N–H and O–H groups in total. The molecule has 1 aliphatic rings. The number of aromatic nitrogens is 1. The standard InChI is InChI=1S/C11H14N2O3S/c1-6(11(15)16)8-3-13(4-8)10(14)9-5-17-7(2)12-9/h5-6,8H,3-4H2,1-2H3,(H,15,16). The molecule has 1 saturated heterocycles. The van der Waals surface area contributed by atoms with Gasteiger partial charge in [-0.1, -0.05) is 6.92 Å². The largest absolute Gasteiger partial charge is 0.481 e. The van der Waals surface area contributed by atoms with Crippen LogP contribution in [0.5, 0.6) is 0 Å². The van der Waals surface area contributed by atoms with E-state index in [0.717, 1.165) is 5.01 Å². The van der Waals surface area contributed by atoms with Crippen molar-refractivity contribution in [3.63, 3.8) is 0 Å². The second-order valence-electron chi connectivity index (χ2n) is 4.35. The molecular weight excluding hydrogens is 240 g/mol. The molecule has 1 atom stereocenters. The number of thiazole rings is 1. The lowest BCUT2D eigenvalue weighted by Gasteiger charge is -2.40. The first kappa shape index (κ1) is 12.0. The van der Waals surface area contributed by atoms with Gasteiger partial charge in [0.2, 0.25) is 0 Å². The molecule has 2 heterocycles. The second-order valence-corrected chi connectivity index (χ2v) is 5.41. The Labute approximate surface area is 103 Å². The Morgan fingerprint density at radius 2 is 2.24 bits per heavy atom. The highest BCUT2D eigenvalue weighted by Gasteiger charge is 2.37. The van der Waals surface area contributed by atoms with Crippen molar-refractivity contribution in [3.8, 4) is 0 Å². The average molecular weight is 254 g/mol. The molecule has 1 unspecified atom stereocenters. The van der Waals surface area contributed by atoms with Gasteiger partial charge in [0.1, 0.15) is 5.69 Å². The minimum absolute atomic E-state index is 0.0659. The predicted octanol–water partition coefficient (Wildman–Crippen LogP) is 1.24. The third-order valence-electron chi connectivity index (χ3n) is 3.13. The number of carboxylic acid groups (broad SMARTS) is 1. The fourth-order valence-corrected chi connectivity index (χ4v) is 2.41. The SMILES string of the molecule is Cc1nc(C(=O)N2CC(C(C)C(=O)O)C2)cs1. The van der Waals surface area contributed by atoms with E-state index in [2.05, 4.69) is 4.98 Å². The molecule has 0 saturated carbocycles. The van der Waals surface area contributed by atoms with Gasteiger partial charge >= 0.3 is 5.97 Å². The zero-order valence-corrected chi connectivity index (χ0v) is 10.5. The normalized spacial score (nSPS) is 17.6. The molecule has 0 bridgehead atoms. The number of aliphatic carboxylic acids is 1. The van der Waals surface area contributed by atoms with E-state index in [1.807, 2.05) is 6.92 Å². The summed E-state index contributed by atoms with van der Waals surface area (Å²) in [5.41, 5.74) is 0.467. The Balaban J connectivity index is 1.92. The van der Waals surface area contributed by atoms with Crippen molar-refractivity contribution < 1.29 is 14.7 Å². The highest BCUT2D eigenvalue weighted by molar-refractivity contribution is 7.09. The summed E-state index contributed by atoms with van der Waals surface area (Å²) in [5, 5.41) is 11.5. The third kappa shape index (κ3) is 2.31. The number of hydrogen-bond donors (Lipinski definition) is 1. The van der Waals surface area contributed by atoms with Crippen molar-refractivity contribution in [2.24, 2.45) is 11.8 Å². The number of aryl methyl sites for hydroxylation is 1. The first-order chi connectivity index (χ1) is 7.99. The maximum absolute atomic E-state index is 11.9. The molecule has 2 rings (SSSR count). The summed E-state index contributed by atoms with van der Waals surface area (Å²) in [6, 6.07) is 0. The Morgan fingerprint density at radius 3 is 2.71 bits per heavy atom. The van der Waals surface area contributed by atoms with Crippen molar-refractivity contribution in [2.45, 2.75) is 13.8 Å². The van der Waals surface area contributed by atoms with Gasteiger partial charge in [-0.25, -0.2) is 4.98 Å². The van der Waals surface area contributed by atoms with Gasteiger partial charge < -0.3 is 10.0 Å². The molecule has 92 valence electrons. The molecule has 0 radical (unpaired) electrons. The first-order valence-electron chi connectivity index (χ1n) is 5.43. The summed E-state index contributed by atoms with van der Waals surface area (Å²) >= 11 is 1.44. The zero-order valence-electron chi connectivity index (χ0n) is 9.71. The maximum Gasteiger partial charge on any atom is 0.306 e. The molecular formula is C11H14N2O3S. The van der Waals surface area contributed by atoms with Crippen LogP contribution in [-0.2, 0) is 4.79 Å². The number of carbonyl (C=O) groups is 2. The summed E-state index contributed by atoms with van der Waals surface area (Å²) in [6.07, 6.45) is 0. The molecule has 0 aliphatic carbocycles. The van der Waals surface area contributed by atoms with Gasteiger partial charge in [0.15, 0.2) is 0 Å². The van der Waals surface area contributed by atoms with Crippen LogP contribution in [0.2, 0.25) is 0 Å². The van der Waals surface area contributed by atoms with Gasteiger partial charge in [-0.2, -0.15) is 0 Å². The lowest BCUT2D eigenvalue weighted by molar-refractivity contribution is -0.144. The van der Waals surface area contributed by atoms with Crippen LogP contribution in [0, 0.1) is 18.8 Å². The molecule has 0 spiro atoms. The van der Waals surface area contributed by atoms with Crippen molar-refractivity contribution in [2.75, 3.05) is 13.1 Å². The summed E-state index contributed by atoms with van der Waals surface area (Å²) in [6.45, 7) is 4.57. The van der Waals surface area contributed by atoms with Crippen molar-refractivity contribution >= 4 is 23.2 Å². The van der Waals surface area contributed by atoms with Crippen molar-refractivity contribution in [1.82, 2.24) is 9.88 Å². The Morgan fingerprint density at radius 1 is 1.59 bits per heavy atom. The summed E-state index contributed by atoms with van der Waals surface area (Å²) in [4.78, 5) is 28.5. The van der Waals surface area contributed by atoms with Gasteiger partial charge in [0, 0.05) is 24.4 Å². The smallest absolute Gasteiger partial charge is 0.306 e. The Hall–Kier alpha value is -1.43. The van der Waals surface area contributed by atoms with Crippen LogP contribution in [0.3, 0.4) is 0 Å². The fourth-order valence-electron chi connectivity index (χ4n) is 1.82. The highest BCUT2D eigenvalue weighted by Crippen LogP contribution is 2.25. The van der Waals surface area contributed by atoms with Gasteiger partial charge in [-0.05, 0) is 6.92 Å². The summed E-state index contributed by atoms with van der Waals surface area (Å²) in [5.74, 6) is -1.22. The molecule has 5 nitrogen and oxygen atoms in total. The van der Waals surface area contributed by atoms with E-state index in [1.165, 1.54) is 11.3 Å². The number of nitrogens with zero attached hydrogens (tertiary/aromatic N) is 2. The predicted molar refractivity (Wildman–Crippen MR) is 63.0 cm³/mol. The maximum atomic E-state index is 11.9. The van der Waals surface area contributed by atoms with E-state index in [4.69, 9.17) is 5.11 Å². The number of carboxylic acids is 1. The number of rotatable bonds is 3. The van der Waals surface area contributed by atoms with Crippen molar-refractivity contribution in [1.29, 1.82) is 0 Å². The van der Waals surface area contributed by atoms with Crippen LogP contribution >= 0.6 is 11.3 Å². The van der Waals surface area contributed by atoms with Gasteiger partial charge in [-0.15, -0.1) is 11.3 Å². The number of likely N-dealkylation sites (tertiary alicyclic amines) is 1. The molecule has 0 aromatic carbocycles. The van der Waals surface area contributed by atoms with Crippen LogP contribution in [0.4, 0.5) is 0 Å². The van der Waals surface area contributed by atoms with Gasteiger partial charge in [-0.3, -0.25) is 9.59 Å². The molecule has 17 heavy (non-hydrogen) atoms.